The van der Waals surface area contributed by atoms with E-state index in [1.165, 1.54) is 37.1 Å². The minimum Gasteiger partial charge on any atom is -0.497 e. The number of rotatable bonds is 9. The average molecular weight is 395 g/mol. The molecule has 4 heteroatoms. The van der Waals surface area contributed by atoms with Gasteiger partial charge in [0.2, 0.25) is 0 Å². The van der Waals surface area contributed by atoms with Crippen LogP contribution in [0.25, 0.3) is 0 Å². The Kier molecular flexibility index (Phi) is 7.84. The van der Waals surface area contributed by atoms with Crippen LogP contribution in [0.5, 0.6) is 5.75 Å². The molecule has 1 atom stereocenters. The van der Waals surface area contributed by atoms with Crippen molar-refractivity contribution >= 4 is 5.78 Å². The van der Waals surface area contributed by atoms with E-state index >= 15 is 0 Å². The molecule has 1 aliphatic rings. The fourth-order valence-electron chi connectivity index (χ4n) is 4.29. The molecule has 0 N–H and O–H groups in total. The van der Waals surface area contributed by atoms with E-state index in [1.54, 1.807) is 14.0 Å². The smallest absolute Gasteiger partial charge is 0.159 e. The third-order valence-corrected chi connectivity index (χ3v) is 5.83. The molecule has 2 aromatic rings. The number of hydrogen-bond donors (Lipinski definition) is 0. The van der Waals surface area contributed by atoms with Gasteiger partial charge in [0.1, 0.15) is 5.75 Å². The topological polar surface area (TPSA) is 32.8 Å². The molecule has 1 unspecified atom stereocenters. The maximum Gasteiger partial charge on any atom is 0.159 e. The van der Waals surface area contributed by atoms with Crippen molar-refractivity contribution < 1.29 is 9.53 Å². The molecule has 0 aliphatic carbocycles. The van der Waals surface area contributed by atoms with Crippen molar-refractivity contribution in [1.82, 2.24) is 9.80 Å². The monoisotopic (exact) mass is 394 g/mol. The molecule has 4 nitrogen and oxygen atoms in total. The summed E-state index contributed by atoms with van der Waals surface area (Å²) in [5.41, 5.74) is 3.39. The van der Waals surface area contributed by atoms with Crippen LogP contribution in [0.3, 0.4) is 0 Å². The van der Waals surface area contributed by atoms with Gasteiger partial charge in [-0.15, -0.1) is 0 Å². The summed E-state index contributed by atoms with van der Waals surface area (Å²) in [6.07, 6.45) is 3.67. The highest BCUT2D eigenvalue weighted by atomic mass is 16.5. The summed E-state index contributed by atoms with van der Waals surface area (Å²) in [6.45, 7) is 7.12. The highest BCUT2D eigenvalue weighted by Crippen LogP contribution is 2.19. The molecule has 0 radical (unpaired) electrons. The Hall–Kier alpha value is -2.17. The number of likely N-dealkylation sites (tertiary alicyclic amines) is 1. The molecule has 1 saturated heterocycles. The number of benzene rings is 2. The Morgan fingerprint density at radius 3 is 2.69 bits per heavy atom. The van der Waals surface area contributed by atoms with Crippen molar-refractivity contribution in [1.29, 1.82) is 0 Å². The van der Waals surface area contributed by atoms with Gasteiger partial charge in [0.05, 0.1) is 7.11 Å². The first kappa shape index (κ1) is 21.5. The normalized spacial score (nSPS) is 17.4. The number of ketones is 1. The van der Waals surface area contributed by atoms with Gasteiger partial charge in [0.25, 0.3) is 0 Å². The zero-order valence-corrected chi connectivity index (χ0v) is 18.1. The summed E-state index contributed by atoms with van der Waals surface area (Å²) in [7, 11) is 3.90. The van der Waals surface area contributed by atoms with Crippen LogP contribution >= 0.6 is 0 Å². The first-order valence-electron chi connectivity index (χ1n) is 10.7. The molecule has 2 aromatic carbocycles. The standard InChI is InChI=1S/C25H34N2O2/c1-20(28)24-8-4-6-22(16-24)17-26(2)18-23-7-5-14-27(19-23)15-13-21-9-11-25(29-3)12-10-21/h4,6,8-12,16,23H,5,7,13-15,17-19H2,1-3H3. The zero-order chi connectivity index (χ0) is 20.6. The third kappa shape index (κ3) is 6.69. The Morgan fingerprint density at radius 1 is 1.17 bits per heavy atom. The lowest BCUT2D eigenvalue weighted by Gasteiger charge is -2.34. The van der Waals surface area contributed by atoms with Crippen molar-refractivity contribution in [2.75, 3.05) is 40.3 Å². The maximum atomic E-state index is 11.6. The number of carbonyl (C=O) groups is 1. The van der Waals surface area contributed by atoms with Crippen LogP contribution in [0, 0.1) is 5.92 Å². The van der Waals surface area contributed by atoms with Crippen LogP contribution in [0.4, 0.5) is 0 Å². The van der Waals surface area contributed by atoms with E-state index in [9.17, 15) is 4.79 Å². The summed E-state index contributed by atoms with van der Waals surface area (Å²) >= 11 is 0. The highest BCUT2D eigenvalue weighted by molar-refractivity contribution is 5.94. The lowest BCUT2D eigenvalue weighted by molar-refractivity contribution is 0.101. The first-order chi connectivity index (χ1) is 14.0. The van der Waals surface area contributed by atoms with Gasteiger partial charge < -0.3 is 14.5 Å². The van der Waals surface area contributed by atoms with Crippen LogP contribution in [0.1, 0.15) is 41.3 Å². The van der Waals surface area contributed by atoms with Gasteiger partial charge in [-0.05, 0) is 75.0 Å². The quantitative estimate of drug-likeness (QED) is 0.594. The van der Waals surface area contributed by atoms with Gasteiger partial charge >= 0.3 is 0 Å². The lowest BCUT2D eigenvalue weighted by atomic mass is 9.96. The maximum absolute atomic E-state index is 11.6. The van der Waals surface area contributed by atoms with E-state index in [-0.39, 0.29) is 5.78 Å². The fraction of sp³-hybridized carbons (Fsp3) is 0.480. The van der Waals surface area contributed by atoms with E-state index in [2.05, 4.69) is 35.0 Å². The van der Waals surface area contributed by atoms with Crippen molar-refractivity contribution in [3.05, 3.63) is 65.2 Å². The highest BCUT2D eigenvalue weighted by Gasteiger charge is 2.21. The van der Waals surface area contributed by atoms with Gasteiger partial charge in [0.15, 0.2) is 5.78 Å². The van der Waals surface area contributed by atoms with Crippen LogP contribution in [0.2, 0.25) is 0 Å². The molecule has 1 fully saturated rings. The average Bonchev–Trinajstić information content (AvgIpc) is 2.73. The predicted octanol–water partition coefficient (Wildman–Crippen LogP) is 4.28. The molecule has 1 heterocycles. The van der Waals surface area contributed by atoms with Crippen LogP contribution in [-0.4, -0.2) is 55.9 Å². The number of hydrogen-bond acceptors (Lipinski definition) is 4. The summed E-state index contributed by atoms with van der Waals surface area (Å²) in [6, 6.07) is 16.5. The van der Waals surface area contributed by atoms with Gasteiger partial charge in [0, 0.05) is 31.7 Å². The summed E-state index contributed by atoms with van der Waals surface area (Å²) < 4.78 is 5.24. The van der Waals surface area contributed by atoms with Gasteiger partial charge in [-0.2, -0.15) is 0 Å². The summed E-state index contributed by atoms with van der Waals surface area (Å²) in [5, 5.41) is 0. The van der Waals surface area contributed by atoms with Crippen molar-refractivity contribution in [3.8, 4) is 5.75 Å². The number of Topliss-reactive ketones (excluding diaryl/α,β-unsaturated/α-hetero) is 1. The summed E-state index contributed by atoms with van der Waals surface area (Å²) in [4.78, 5) is 16.6. The molecule has 0 spiro atoms. The Bertz CT molecular complexity index is 788. The van der Waals surface area contributed by atoms with Crippen molar-refractivity contribution in [3.63, 3.8) is 0 Å². The van der Waals surface area contributed by atoms with E-state index in [1.807, 2.05) is 30.3 Å². The fourth-order valence-corrected chi connectivity index (χ4v) is 4.29. The van der Waals surface area contributed by atoms with Crippen molar-refractivity contribution in [2.45, 2.75) is 32.7 Å². The summed E-state index contributed by atoms with van der Waals surface area (Å²) in [5.74, 6) is 1.76. The number of carbonyl (C=O) groups excluding carboxylic acids is 1. The Balaban J connectivity index is 1.46. The lowest BCUT2D eigenvalue weighted by Crippen LogP contribution is -2.40. The second-order valence-corrected chi connectivity index (χ2v) is 8.36. The molecule has 0 saturated carbocycles. The van der Waals surface area contributed by atoms with E-state index in [0.29, 0.717) is 5.92 Å². The van der Waals surface area contributed by atoms with E-state index < -0.39 is 0 Å². The molecule has 0 aromatic heterocycles. The second-order valence-electron chi connectivity index (χ2n) is 8.36. The molecule has 0 amide bonds. The molecular formula is C25H34N2O2. The Labute approximate surface area is 175 Å². The third-order valence-electron chi connectivity index (χ3n) is 5.83. The number of nitrogens with zero attached hydrogens (tertiary/aromatic N) is 2. The molecule has 156 valence electrons. The van der Waals surface area contributed by atoms with E-state index in [4.69, 9.17) is 4.74 Å². The molecule has 1 aliphatic heterocycles. The second kappa shape index (κ2) is 10.6. The molecule has 29 heavy (non-hydrogen) atoms. The zero-order valence-electron chi connectivity index (χ0n) is 18.1. The Morgan fingerprint density at radius 2 is 1.97 bits per heavy atom. The van der Waals surface area contributed by atoms with E-state index in [0.717, 1.165) is 37.4 Å². The molecule has 3 rings (SSSR count). The van der Waals surface area contributed by atoms with Crippen LogP contribution in [0.15, 0.2) is 48.5 Å². The van der Waals surface area contributed by atoms with Crippen molar-refractivity contribution in [2.24, 2.45) is 5.92 Å². The minimum atomic E-state index is 0.134. The number of piperidine rings is 1. The molecular weight excluding hydrogens is 360 g/mol. The number of ether oxygens (including phenoxy) is 1. The minimum absolute atomic E-state index is 0.134. The van der Waals surface area contributed by atoms with Gasteiger partial charge in [-0.1, -0.05) is 30.3 Å². The first-order valence-corrected chi connectivity index (χ1v) is 10.7. The predicted molar refractivity (Wildman–Crippen MR) is 119 cm³/mol. The SMILES string of the molecule is COc1ccc(CCN2CCCC(CN(C)Cc3cccc(C(C)=O)c3)C2)cc1. The van der Waals surface area contributed by atoms with Gasteiger partial charge in [-0.3, -0.25) is 4.79 Å². The van der Waals surface area contributed by atoms with Crippen LogP contribution < -0.4 is 4.74 Å². The largest absolute Gasteiger partial charge is 0.497 e. The number of methoxy groups -OCH3 is 1. The van der Waals surface area contributed by atoms with Gasteiger partial charge in [-0.25, -0.2) is 0 Å². The molecule has 0 bridgehead atoms. The van der Waals surface area contributed by atoms with Crippen LogP contribution in [-0.2, 0) is 13.0 Å².